The number of hydrogen-bond acceptors (Lipinski definition) is 2. The van der Waals surface area contributed by atoms with E-state index in [0.29, 0.717) is 19.6 Å². The van der Waals surface area contributed by atoms with Gasteiger partial charge in [-0.2, -0.15) is 0 Å². The molecule has 0 fully saturated rings. The Bertz CT molecular complexity index is 991. The molecule has 1 aliphatic rings. The van der Waals surface area contributed by atoms with Crippen molar-refractivity contribution < 1.29 is 9.53 Å². The van der Waals surface area contributed by atoms with Gasteiger partial charge in [-0.15, -0.1) is 0 Å². The van der Waals surface area contributed by atoms with Crippen LogP contribution in [-0.4, -0.2) is 19.1 Å². The van der Waals surface area contributed by atoms with Crippen molar-refractivity contribution in [3.05, 3.63) is 84.4 Å². The van der Waals surface area contributed by atoms with Gasteiger partial charge in [0.15, 0.2) is 0 Å². The zero-order valence-electron chi connectivity index (χ0n) is 15.5. The summed E-state index contributed by atoms with van der Waals surface area (Å²) in [6.07, 6.45) is 2.22. The Morgan fingerprint density at radius 2 is 1.89 bits per heavy atom. The van der Waals surface area contributed by atoms with E-state index in [2.05, 4.69) is 55.1 Å². The van der Waals surface area contributed by atoms with E-state index < -0.39 is 0 Å². The molecule has 0 bridgehead atoms. The Labute approximate surface area is 159 Å². The topological polar surface area (TPSA) is 29.5 Å². The summed E-state index contributed by atoms with van der Waals surface area (Å²) in [6.45, 7) is 6.88. The van der Waals surface area contributed by atoms with Crippen LogP contribution in [0.4, 0.5) is 5.69 Å². The average molecular weight is 357 g/mol. The van der Waals surface area contributed by atoms with Gasteiger partial charge in [-0.3, -0.25) is 4.79 Å². The fraction of sp³-hybridized carbons (Fsp3) is 0.208. The highest BCUT2D eigenvalue weighted by Gasteiger charge is 2.32. The van der Waals surface area contributed by atoms with Crippen LogP contribution in [0.15, 0.2) is 73.3 Å². The Balaban J connectivity index is 1.84. The molecule has 3 aromatic rings. The molecule has 0 saturated carbocycles. The maximum absolute atomic E-state index is 12.8. The summed E-state index contributed by atoms with van der Waals surface area (Å²) in [4.78, 5) is 14.7. The lowest BCUT2D eigenvalue weighted by atomic mass is 9.81. The minimum atomic E-state index is 0.0508. The fourth-order valence-electron chi connectivity index (χ4n) is 3.99. The quantitative estimate of drug-likeness (QED) is 0.581. The molecule has 4 rings (SSSR count). The Kier molecular flexibility index (Phi) is 4.68. The highest BCUT2D eigenvalue weighted by atomic mass is 16.5. The van der Waals surface area contributed by atoms with Crippen molar-refractivity contribution in [2.24, 2.45) is 0 Å². The predicted octanol–water partition coefficient (Wildman–Crippen LogP) is 5.29. The van der Waals surface area contributed by atoms with Gasteiger partial charge in [-0.1, -0.05) is 55.1 Å². The number of amides is 1. The van der Waals surface area contributed by atoms with Gasteiger partial charge < -0.3 is 9.64 Å². The minimum absolute atomic E-state index is 0.0508. The van der Waals surface area contributed by atoms with E-state index in [1.165, 1.54) is 16.3 Å². The van der Waals surface area contributed by atoms with Crippen LogP contribution in [0.25, 0.3) is 10.8 Å². The molecule has 3 nitrogen and oxygen atoms in total. The van der Waals surface area contributed by atoms with Crippen LogP contribution < -0.4 is 9.64 Å². The van der Waals surface area contributed by atoms with Crippen molar-refractivity contribution in [3.8, 4) is 5.75 Å². The van der Waals surface area contributed by atoms with E-state index >= 15 is 0 Å². The molecule has 0 radical (unpaired) electrons. The molecule has 1 heterocycles. The first-order chi connectivity index (χ1) is 13.2. The highest BCUT2D eigenvalue weighted by Crippen LogP contribution is 2.44. The number of carbonyl (C=O) groups excluding carboxylic acids is 1. The van der Waals surface area contributed by atoms with Crippen molar-refractivity contribution >= 4 is 22.4 Å². The predicted molar refractivity (Wildman–Crippen MR) is 111 cm³/mol. The van der Waals surface area contributed by atoms with Gasteiger partial charge in [-0.25, -0.2) is 0 Å². The normalized spacial score (nSPS) is 16.3. The third-order valence-electron chi connectivity index (χ3n) is 5.23. The van der Waals surface area contributed by atoms with Crippen molar-refractivity contribution in [2.75, 3.05) is 18.1 Å². The van der Waals surface area contributed by atoms with E-state index in [-0.39, 0.29) is 11.8 Å². The van der Waals surface area contributed by atoms with E-state index in [0.717, 1.165) is 17.0 Å². The summed E-state index contributed by atoms with van der Waals surface area (Å²) in [5.74, 6) is 1.04. The monoisotopic (exact) mass is 357 g/mol. The first-order valence-electron chi connectivity index (χ1n) is 9.38. The van der Waals surface area contributed by atoms with E-state index in [1.54, 1.807) is 6.08 Å². The number of fused-ring (bicyclic) bond motifs is 3. The molecule has 1 amide bonds. The van der Waals surface area contributed by atoms with Crippen molar-refractivity contribution in [2.45, 2.75) is 19.3 Å². The number of anilines is 1. The van der Waals surface area contributed by atoms with Crippen molar-refractivity contribution in [1.29, 1.82) is 0 Å². The van der Waals surface area contributed by atoms with Gasteiger partial charge in [0.2, 0.25) is 5.91 Å². The molecule has 0 spiro atoms. The summed E-state index contributed by atoms with van der Waals surface area (Å²) >= 11 is 0. The van der Waals surface area contributed by atoms with E-state index in [1.807, 2.05) is 24.0 Å². The Hall–Kier alpha value is -3.07. The lowest BCUT2D eigenvalue weighted by molar-refractivity contribution is -0.119. The summed E-state index contributed by atoms with van der Waals surface area (Å²) in [5, 5.41) is 2.43. The van der Waals surface area contributed by atoms with Crippen LogP contribution in [0, 0.1) is 0 Å². The smallest absolute Gasteiger partial charge is 0.227 e. The van der Waals surface area contributed by atoms with Crippen LogP contribution in [0.5, 0.6) is 5.75 Å². The number of carbonyl (C=O) groups is 1. The lowest BCUT2D eigenvalue weighted by Crippen LogP contribution is -2.36. The van der Waals surface area contributed by atoms with Gasteiger partial charge in [0.1, 0.15) is 12.4 Å². The SMILES string of the molecule is C=CCOc1ccc(C2CC(=O)N(CC)c3ccc4ccccc4c32)cc1. The third kappa shape index (κ3) is 3.10. The standard InChI is InChI=1S/C24H23NO2/c1-3-15-27-19-12-9-18(10-13-19)21-16-23(26)25(4-2)22-14-11-17-7-5-6-8-20(17)24(21)22/h3,5-14,21H,1,4,15-16H2,2H3. The second kappa shape index (κ2) is 7.28. The molecule has 1 unspecified atom stereocenters. The molecule has 27 heavy (non-hydrogen) atoms. The first kappa shape index (κ1) is 17.3. The number of rotatable bonds is 5. The summed E-state index contributed by atoms with van der Waals surface area (Å²) in [7, 11) is 0. The molecule has 1 atom stereocenters. The maximum atomic E-state index is 12.8. The summed E-state index contributed by atoms with van der Waals surface area (Å²) in [6, 6.07) is 20.7. The molecule has 0 N–H and O–H groups in total. The van der Waals surface area contributed by atoms with Gasteiger partial charge in [-0.05, 0) is 47.0 Å². The van der Waals surface area contributed by atoms with Crippen molar-refractivity contribution in [1.82, 2.24) is 0 Å². The second-order valence-electron chi connectivity index (χ2n) is 6.78. The van der Waals surface area contributed by atoms with E-state index in [4.69, 9.17) is 4.74 Å². The molecule has 3 aromatic carbocycles. The van der Waals surface area contributed by atoms with Gasteiger partial charge in [0.05, 0.1) is 0 Å². The van der Waals surface area contributed by atoms with Crippen LogP contribution in [0.1, 0.15) is 30.4 Å². The van der Waals surface area contributed by atoms with Gasteiger partial charge in [0.25, 0.3) is 0 Å². The number of benzene rings is 3. The molecule has 1 aliphatic heterocycles. The summed E-state index contributed by atoms with van der Waals surface area (Å²) < 4.78 is 5.60. The average Bonchev–Trinajstić information content (AvgIpc) is 2.71. The minimum Gasteiger partial charge on any atom is -0.490 e. The molecule has 0 aliphatic carbocycles. The van der Waals surface area contributed by atoms with Gasteiger partial charge in [0, 0.05) is 24.6 Å². The molecule has 0 aromatic heterocycles. The zero-order chi connectivity index (χ0) is 18.8. The molecular weight excluding hydrogens is 334 g/mol. The van der Waals surface area contributed by atoms with Crippen LogP contribution in [0.2, 0.25) is 0 Å². The maximum Gasteiger partial charge on any atom is 0.227 e. The molecular formula is C24H23NO2. The molecule has 0 saturated heterocycles. The van der Waals surface area contributed by atoms with Crippen LogP contribution in [-0.2, 0) is 4.79 Å². The van der Waals surface area contributed by atoms with Crippen molar-refractivity contribution in [3.63, 3.8) is 0 Å². The second-order valence-corrected chi connectivity index (χ2v) is 6.78. The van der Waals surface area contributed by atoms with Crippen LogP contribution in [0.3, 0.4) is 0 Å². The Morgan fingerprint density at radius 1 is 1.11 bits per heavy atom. The van der Waals surface area contributed by atoms with E-state index in [9.17, 15) is 4.79 Å². The molecule has 136 valence electrons. The highest BCUT2D eigenvalue weighted by molar-refractivity contribution is 6.03. The first-order valence-corrected chi connectivity index (χ1v) is 9.38. The van der Waals surface area contributed by atoms with Crippen LogP contribution >= 0.6 is 0 Å². The van der Waals surface area contributed by atoms with Gasteiger partial charge >= 0.3 is 0 Å². The largest absolute Gasteiger partial charge is 0.490 e. The lowest BCUT2D eigenvalue weighted by Gasteiger charge is -2.34. The molecule has 3 heteroatoms. The summed E-state index contributed by atoms with van der Waals surface area (Å²) in [5.41, 5.74) is 3.42. The number of ether oxygens (including phenoxy) is 1. The zero-order valence-corrected chi connectivity index (χ0v) is 15.5. The number of nitrogens with zero attached hydrogens (tertiary/aromatic N) is 1. The third-order valence-corrected chi connectivity index (χ3v) is 5.23. The fourth-order valence-corrected chi connectivity index (χ4v) is 3.99. The number of hydrogen-bond donors (Lipinski definition) is 0. The Morgan fingerprint density at radius 3 is 2.63 bits per heavy atom.